The molecule has 1 unspecified atom stereocenters. The summed E-state index contributed by atoms with van der Waals surface area (Å²) in [5, 5.41) is 7.36. The zero-order valence-corrected chi connectivity index (χ0v) is 17.1. The van der Waals surface area contributed by atoms with Crippen LogP contribution in [0.5, 0.6) is 0 Å². The normalized spacial score (nSPS) is 16.4. The second-order valence-electron chi connectivity index (χ2n) is 6.59. The first-order valence-corrected chi connectivity index (χ1v) is 10.7. The first-order valence-electron chi connectivity index (χ1n) is 9.20. The molecule has 1 N–H and O–H groups in total. The highest BCUT2D eigenvalue weighted by Gasteiger charge is 2.27. The Kier molecular flexibility index (Phi) is 6.80. The average Bonchev–Trinajstić information content (AvgIpc) is 3.12. The van der Waals surface area contributed by atoms with E-state index in [1.54, 1.807) is 22.8 Å². The number of carbonyl (C=O) groups is 1. The van der Waals surface area contributed by atoms with Gasteiger partial charge < -0.3 is 15.1 Å². The second kappa shape index (κ2) is 9.50. The number of piperazine rings is 1. The van der Waals surface area contributed by atoms with Crippen LogP contribution in [0.15, 0.2) is 47.7 Å². The Morgan fingerprint density at radius 3 is 2.71 bits per heavy atom. The lowest BCUT2D eigenvalue weighted by atomic mass is 10.2. The predicted molar refractivity (Wildman–Crippen MR) is 112 cm³/mol. The lowest BCUT2D eigenvalue weighted by Gasteiger charge is -2.35. The van der Waals surface area contributed by atoms with Crippen LogP contribution in [0, 0.1) is 0 Å². The number of rotatable bonds is 6. The van der Waals surface area contributed by atoms with Gasteiger partial charge in [-0.3, -0.25) is 18.7 Å². The molecule has 0 radical (unpaired) electrons. The third-order valence-corrected chi connectivity index (χ3v) is 5.83. The van der Waals surface area contributed by atoms with E-state index in [1.807, 2.05) is 48.5 Å². The molecule has 0 aliphatic carbocycles. The molecule has 1 fully saturated rings. The van der Waals surface area contributed by atoms with Gasteiger partial charge in [0.2, 0.25) is 5.91 Å². The average molecular weight is 403 g/mol. The predicted octanol–water partition coefficient (Wildman–Crippen LogP) is 0.593. The van der Waals surface area contributed by atoms with Gasteiger partial charge in [-0.15, -0.1) is 0 Å². The number of hydrogen-bond donors (Lipinski definition) is 1. The smallest absolute Gasteiger partial charge is 0.246 e. The molecule has 0 saturated carbocycles. The van der Waals surface area contributed by atoms with E-state index < -0.39 is 10.8 Å². The van der Waals surface area contributed by atoms with Crippen molar-refractivity contribution >= 4 is 28.4 Å². The van der Waals surface area contributed by atoms with E-state index >= 15 is 0 Å². The maximum absolute atomic E-state index is 12.5. The first-order chi connectivity index (χ1) is 13.6. The molecule has 8 nitrogen and oxygen atoms in total. The zero-order chi connectivity index (χ0) is 19.9. The minimum atomic E-state index is -0.950. The van der Waals surface area contributed by atoms with Crippen molar-refractivity contribution in [2.45, 2.75) is 5.75 Å². The van der Waals surface area contributed by atoms with Crippen LogP contribution >= 0.6 is 0 Å². The number of guanidine groups is 1. The third-order valence-electron chi connectivity index (χ3n) is 4.52. The Hall–Kier alpha value is -2.68. The largest absolute Gasteiger partial charge is 0.355 e. The topological polar surface area (TPSA) is 82.8 Å². The van der Waals surface area contributed by atoms with Crippen LogP contribution in [0.4, 0.5) is 5.69 Å². The number of nitrogens with one attached hydrogen (secondary N) is 1. The Morgan fingerprint density at radius 2 is 2.07 bits per heavy atom. The van der Waals surface area contributed by atoms with E-state index in [1.165, 1.54) is 0 Å². The van der Waals surface area contributed by atoms with E-state index in [9.17, 15) is 9.00 Å². The number of aromatic nitrogens is 2. The van der Waals surface area contributed by atoms with Gasteiger partial charge in [-0.05, 0) is 5.56 Å². The zero-order valence-electron chi connectivity index (χ0n) is 16.2. The number of aliphatic imine (C=N–C) groups is 1. The standard InChI is InChI=1S/C19H26N6O2S/c1-20-19(21-8-11-28(27)15-16-6-4-3-5-7-16)24-9-10-25(18(26)14-24)17-12-22-23(2)13-17/h3-7,12-13H,8-11,14-15H2,1-2H3,(H,20,21). The number of carbonyl (C=O) groups excluding carboxylic acids is 1. The van der Waals surface area contributed by atoms with E-state index in [0.717, 1.165) is 11.3 Å². The Balaban J connectivity index is 1.46. The Morgan fingerprint density at radius 1 is 1.29 bits per heavy atom. The third kappa shape index (κ3) is 5.19. The summed E-state index contributed by atoms with van der Waals surface area (Å²) in [7, 11) is 2.58. The van der Waals surface area contributed by atoms with Gasteiger partial charge in [-0.25, -0.2) is 0 Å². The summed E-state index contributed by atoms with van der Waals surface area (Å²) < 4.78 is 13.9. The lowest BCUT2D eigenvalue weighted by Crippen LogP contribution is -2.55. The minimum Gasteiger partial charge on any atom is -0.355 e. The van der Waals surface area contributed by atoms with Gasteiger partial charge in [0.25, 0.3) is 0 Å². The molecule has 1 aromatic carbocycles. The molecule has 28 heavy (non-hydrogen) atoms. The maximum Gasteiger partial charge on any atom is 0.246 e. The van der Waals surface area contributed by atoms with Crippen LogP contribution < -0.4 is 10.2 Å². The van der Waals surface area contributed by atoms with Crippen molar-refractivity contribution in [3.05, 3.63) is 48.3 Å². The van der Waals surface area contributed by atoms with Crippen molar-refractivity contribution in [1.82, 2.24) is 20.0 Å². The van der Waals surface area contributed by atoms with Crippen molar-refractivity contribution in [3.8, 4) is 0 Å². The number of nitrogens with zero attached hydrogens (tertiary/aromatic N) is 5. The summed E-state index contributed by atoms with van der Waals surface area (Å²) in [6.45, 7) is 2.05. The maximum atomic E-state index is 12.5. The van der Waals surface area contributed by atoms with Crippen LogP contribution in [0.1, 0.15) is 5.56 Å². The summed E-state index contributed by atoms with van der Waals surface area (Å²) in [5.41, 5.74) is 1.88. The van der Waals surface area contributed by atoms with Gasteiger partial charge in [0.05, 0.1) is 11.9 Å². The highest BCUT2D eigenvalue weighted by molar-refractivity contribution is 7.84. The molecule has 9 heteroatoms. The van der Waals surface area contributed by atoms with Crippen molar-refractivity contribution in [2.75, 3.05) is 43.9 Å². The molecular formula is C19H26N6O2S. The molecule has 1 atom stereocenters. The molecule has 0 spiro atoms. The van der Waals surface area contributed by atoms with E-state index in [2.05, 4.69) is 15.4 Å². The van der Waals surface area contributed by atoms with Crippen LogP contribution in [-0.4, -0.2) is 69.7 Å². The summed E-state index contributed by atoms with van der Waals surface area (Å²) in [4.78, 5) is 20.5. The van der Waals surface area contributed by atoms with E-state index in [0.29, 0.717) is 37.1 Å². The number of anilines is 1. The summed E-state index contributed by atoms with van der Waals surface area (Å²) >= 11 is 0. The molecule has 150 valence electrons. The molecule has 1 saturated heterocycles. The fourth-order valence-electron chi connectivity index (χ4n) is 3.12. The monoisotopic (exact) mass is 402 g/mol. The van der Waals surface area contributed by atoms with Crippen molar-refractivity contribution in [3.63, 3.8) is 0 Å². The highest BCUT2D eigenvalue weighted by atomic mass is 32.2. The van der Waals surface area contributed by atoms with Gasteiger partial charge in [0, 0.05) is 62.2 Å². The SMILES string of the molecule is CN=C(NCCS(=O)Cc1ccccc1)N1CCN(c2cnn(C)c2)C(=O)C1. The molecule has 1 aliphatic heterocycles. The van der Waals surface area contributed by atoms with Crippen LogP contribution in [0.2, 0.25) is 0 Å². The van der Waals surface area contributed by atoms with Crippen molar-refractivity contribution in [1.29, 1.82) is 0 Å². The summed E-state index contributed by atoms with van der Waals surface area (Å²) in [6, 6.07) is 9.83. The van der Waals surface area contributed by atoms with Gasteiger partial charge in [-0.2, -0.15) is 5.10 Å². The molecule has 2 heterocycles. The molecule has 3 rings (SSSR count). The second-order valence-corrected chi connectivity index (χ2v) is 8.16. The minimum absolute atomic E-state index is 0.00912. The molecule has 1 amide bonds. The van der Waals surface area contributed by atoms with Crippen LogP contribution in [-0.2, 0) is 28.4 Å². The van der Waals surface area contributed by atoms with Crippen molar-refractivity contribution < 1.29 is 9.00 Å². The molecule has 0 bridgehead atoms. The first kappa shape index (κ1) is 20.1. The van der Waals surface area contributed by atoms with Gasteiger partial charge in [-0.1, -0.05) is 30.3 Å². The fraction of sp³-hybridized carbons (Fsp3) is 0.421. The molecule has 1 aromatic heterocycles. The lowest BCUT2D eigenvalue weighted by molar-refractivity contribution is -0.120. The van der Waals surface area contributed by atoms with Crippen molar-refractivity contribution in [2.24, 2.45) is 12.0 Å². The van der Waals surface area contributed by atoms with Crippen LogP contribution in [0.25, 0.3) is 0 Å². The molecule has 2 aromatic rings. The van der Waals surface area contributed by atoms with Gasteiger partial charge in [0.1, 0.15) is 6.54 Å². The highest BCUT2D eigenvalue weighted by Crippen LogP contribution is 2.16. The quantitative estimate of drug-likeness (QED) is 0.565. The number of benzene rings is 1. The van der Waals surface area contributed by atoms with Gasteiger partial charge >= 0.3 is 0 Å². The molecular weight excluding hydrogens is 376 g/mol. The Labute approximate surface area is 167 Å². The molecule has 1 aliphatic rings. The van der Waals surface area contributed by atoms with E-state index in [4.69, 9.17) is 0 Å². The number of aryl methyl sites for hydroxylation is 1. The fourth-order valence-corrected chi connectivity index (χ4v) is 4.15. The Bertz CT molecular complexity index is 851. The number of amides is 1. The number of hydrogen-bond acceptors (Lipinski definition) is 4. The van der Waals surface area contributed by atoms with E-state index in [-0.39, 0.29) is 12.5 Å². The van der Waals surface area contributed by atoms with Crippen LogP contribution in [0.3, 0.4) is 0 Å². The summed E-state index contributed by atoms with van der Waals surface area (Å²) in [6.07, 6.45) is 3.53. The summed E-state index contributed by atoms with van der Waals surface area (Å²) in [5.74, 6) is 1.74. The van der Waals surface area contributed by atoms with Gasteiger partial charge in [0.15, 0.2) is 5.96 Å².